The molecule has 8 heteroatoms. The Morgan fingerprint density at radius 2 is 2.03 bits per heavy atom. The van der Waals surface area contributed by atoms with E-state index in [9.17, 15) is 4.79 Å². The summed E-state index contributed by atoms with van der Waals surface area (Å²) < 4.78 is 9.91. The summed E-state index contributed by atoms with van der Waals surface area (Å²) in [6, 6.07) is 5.60. The van der Waals surface area contributed by atoms with Gasteiger partial charge in [0.15, 0.2) is 0 Å². The van der Waals surface area contributed by atoms with Crippen molar-refractivity contribution < 1.29 is 9.53 Å². The number of carbonyl (C=O) groups is 1. The van der Waals surface area contributed by atoms with Gasteiger partial charge in [0.25, 0.3) is 5.91 Å². The Kier molecular flexibility index (Phi) is 5.26. The van der Waals surface area contributed by atoms with Crippen LogP contribution in [0.15, 0.2) is 43.0 Å². The minimum absolute atomic E-state index is 0.0560. The molecule has 2 aliphatic heterocycles. The number of carbonyl (C=O) groups excluding carboxylic acids is 1. The lowest BCUT2D eigenvalue weighted by molar-refractivity contribution is -0.0742. The van der Waals surface area contributed by atoms with Gasteiger partial charge < -0.3 is 18.9 Å². The molecule has 3 aromatic rings. The quantitative estimate of drug-likeness (QED) is 0.662. The molecule has 1 amide bonds. The predicted octanol–water partition coefficient (Wildman–Crippen LogP) is 2.14. The average molecular weight is 409 g/mol. The second-order valence-electron chi connectivity index (χ2n) is 8.25. The van der Waals surface area contributed by atoms with Crippen molar-refractivity contribution in [2.24, 2.45) is 7.05 Å². The van der Waals surface area contributed by atoms with Crippen molar-refractivity contribution in [1.82, 2.24) is 29.0 Å². The fourth-order valence-electron chi connectivity index (χ4n) is 4.68. The van der Waals surface area contributed by atoms with Crippen LogP contribution >= 0.6 is 0 Å². The Morgan fingerprint density at radius 1 is 1.17 bits per heavy atom. The number of likely N-dealkylation sites (tertiary alicyclic amines) is 1. The molecule has 0 saturated carbocycles. The predicted molar refractivity (Wildman–Crippen MR) is 112 cm³/mol. The number of imidazole rings is 1. The Morgan fingerprint density at radius 3 is 2.80 bits per heavy atom. The zero-order valence-electron chi connectivity index (χ0n) is 17.4. The van der Waals surface area contributed by atoms with E-state index in [-0.39, 0.29) is 18.1 Å². The second-order valence-corrected chi connectivity index (χ2v) is 8.25. The number of nitrogens with zero attached hydrogens (tertiary/aromatic N) is 6. The van der Waals surface area contributed by atoms with Gasteiger partial charge in [-0.15, -0.1) is 0 Å². The third kappa shape index (κ3) is 3.73. The molecule has 158 valence electrons. The third-order valence-electron chi connectivity index (χ3n) is 6.15. The van der Waals surface area contributed by atoms with E-state index in [1.807, 2.05) is 59.3 Å². The van der Waals surface area contributed by atoms with Crippen LogP contribution in [0.3, 0.4) is 0 Å². The smallest absolute Gasteiger partial charge is 0.274 e. The first-order valence-corrected chi connectivity index (χ1v) is 10.8. The number of hydrogen-bond donors (Lipinski definition) is 0. The molecule has 2 fully saturated rings. The van der Waals surface area contributed by atoms with Gasteiger partial charge in [-0.2, -0.15) is 5.10 Å². The Hall–Kier alpha value is -2.71. The van der Waals surface area contributed by atoms with Crippen LogP contribution in [-0.2, 0) is 11.8 Å². The summed E-state index contributed by atoms with van der Waals surface area (Å²) >= 11 is 0. The maximum absolute atomic E-state index is 13.6. The van der Waals surface area contributed by atoms with Gasteiger partial charge in [-0.1, -0.05) is 12.5 Å². The number of ether oxygens (including phenoxy) is 1. The number of morpholine rings is 1. The Labute approximate surface area is 176 Å². The highest BCUT2D eigenvalue weighted by atomic mass is 16.5. The highest BCUT2D eigenvalue weighted by Gasteiger charge is 2.39. The molecule has 0 spiro atoms. The zero-order chi connectivity index (χ0) is 20.5. The number of rotatable bonds is 4. The van der Waals surface area contributed by atoms with E-state index in [4.69, 9.17) is 4.74 Å². The van der Waals surface area contributed by atoms with E-state index in [0.717, 1.165) is 30.8 Å². The van der Waals surface area contributed by atoms with Gasteiger partial charge in [0.05, 0.1) is 24.9 Å². The number of pyridine rings is 1. The molecule has 0 bridgehead atoms. The topological polar surface area (TPSA) is 67.9 Å². The fourth-order valence-corrected chi connectivity index (χ4v) is 4.68. The summed E-state index contributed by atoms with van der Waals surface area (Å²) in [5.41, 5.74) is 2.25. The molecule has 0 N–H and O–H groups in total. The summed E-state index contributed by atoms with van der Waals surface area (Å²) in [6.45, 7) is 4.10. The monoisotopic (exact) mass is 408 g/mol. The summed E-state index contributed by atoms with van der Waals surface area (Å²) in [5, 5.41) is 4.36. The minimum atomic E-state index is -0.174. The molecular weight excluding hydrogens is 380 g/mol. The average Bonchev–Trinajstić information content (AvgIpc) is 3.40. The van der Waals surface area contributed by atoms with Crippen molar-refractivity contribution in [3.05, 3.63) is 54.2 Å². The van der Waals surface area contributed by atoms with Gasteiger partial charge in [-0.05, 0) is 38.1 Å². The molecule has 2 aliphatic rings. The van der Waals surface area contributed by atoms with Gasteiger partial charge in [-0.25, -0.2) is 4.98 Å². The standard InChI is InChI=1S/C22H28N6O2/c1-25-14-17(13-23-25)21-19(16-26-8-4-2-5-9-26)30-12-11-28(21)22(29)18-15-27-10-6-3-7-20(27)24-18/h3,6-7,10,13-15,19,21H,2,4-5,8-9,11-12,16H2,1H3/t19-,21-/m0/s1. The molecule has 0 aliphatic carbocycles. The van der Waals surface area contributed by atoms with Gasteiger partial charge in [0.2, 0.25) is 0 Å². The molecule has 5 heterocycles. The van der Waals surface area contributed by atoms with E-state index >= 15 is 0 Å². The van der Waals surface area contributed by atoms with E-state index < -0.39 is 0 Å². The van der Waals surface area contributed by atoms with Crippen LogP contribution in [0.1, 0.15) is 41.4 Å². The highest BCUT2D eigenvalue weighted by molar-refractivity contribution is 5.93. The van der Waals surface area contributed by atoms with Crippen molar-refractivity contribution >= 4 is 11.6 Å². The number of aromatic nitrogens is 4. The summed E-state index contributed by atoms with van der Waals surface area (Å²) in [6.07, 6.45) is 11.2. The van der Waals surface area contributed by atoms with Gasteiger partial charge in [0.1, 0.15) is 11.3 Å². The Balaban J connectivity index is 1.45. The van der Waals surface area contributed by atoms with Crippen LogP contribution in [0.2, 0.25) is 0 Å². The largest absolute Gasteiger partial charge is 0.373 e. The van der Waals surface area contributed by atoms with Crippen LogP contribution in [0.5, 0.6) is 0 Å². The minimum Gasteiger partial charge on any atom is -0.373 e. The van der Waals surface area contributed by atoms with Gasteiger partial charge in [0, 0.05) is 44.3 Å². The third-order valence-corrected chi connectivity index (χ3v) is 6.15. The normalized spacial score (nSPS) is 23.2. The van der Waals surface area contributed by atoms with Crippen LogP contribution in [-0.4, -0.2) is 73.8 Å². The van der Waals surface area contributed by atoms with E-state index in [0.29, 0.717) is 18.8 Å². The van der Waals surface area contributed by atoms with Crippen molar-refractivity contribution in [3.8, 4) is 0 Å². The summed E-state index contributed by atoms with van der Waals surface area (Å²) in [4.78, 5) is 22.5. The van der Waals surface area contributed by atoms with Crippen molar-refractivity contribution in [1.29, 1.82) is 0 Å². The molecule has 0 aromatic carbocycles. The number of piperidine rings is 1. The maximum atomic E-state index is 13.6. The molecule has 5 rings (SSSR count). The molecule has 8 nitrogen and oxygen atoms in total. The first-order valence-electron chi connectivity index (χ1n) is 10.8. The highest BCUT2D eigenvalue weighted by Crippen LogP contribution is 2.32. The van der Waals surface area contributed by atoms with E-state index in [1.54, 1.807) is 4.68 Å². The molecule has 2 atom stereocenters. The molecule has 30 heavy (non-hydrogen) atoms. The molecule has 0 unspecified atom stereocenters. The molecule has 3 aromatic heterocycles. The fraction of sp³-hybridized carbons (Fsp3) is 0.500. The lowest BCUT2D eigenvalue weighted by Gasteiger charge is -2.42. The number of fused-ring (bicyclic) bond motifs is 1. The van der Waals surface area contributed by atoms with Crippen LogP contribution in [0, 0.1) is 0 Å². The lowest BCUT2D eigenvalue weighted by atomic mass is 9.99. The van der Waals surface area contributed by atoms with Crippen molar-refractivity contribution in [2.75, 3.05) is 32.8 Å². The van der Waals surface area contributed by atoms with Crippen molar-refractivity contribution in [3.63, 3.8) is 0 Å². The number of amides is 1. The lowest BCUT2D eigenvalue weighted by Crippen LogP contribution is -2.52. The number of hydrogen-bond acceptors (Lipinski definition) is 5. The second kappa shape index (κ2) is 8.20. The first-order chi connectivity index (χ1) is 14.7. The molecule has 2 saturated heterocycles. The van der Waals surface area contributed by atoms with E-state index in [2.05, 4.69) is 15.0 Å². The maximum Gasteiger partial charge on any atom is 0.274 e. The first kappa shape index (κ1) is 19.3. The summed E-state index contributed by atoms with van der Waals surface area (Å²) in [5.74, 6) is -0.0560. The Bertz CT molecular complexity index is 988. The molecular formula is C22H28N6O2. The SMILES string of the molecule is Cn1cc([C@H]2[C@H](CN3CCCCC3)OCCN2C(=O)c2cn3ccccc3n2)cn1. The van der Waals surface area contributed by atoms with E-state index in [1.165, 1.54) is 19.3 Å². The van der Waals surface area contributed by atoms with Crippen LogP contribution in [0.4, 0.5) is 0 Å². The summed E-state index contributed by atoms with van der Waals surface area (Å²) in [7, 11) is 1.90. The van der Waals surface area contributed by atoms with Crippen LogP contribution in [0.25, 0.3) is 5.65 Å². The zero-order valence-corrected chi connectivity index (χ0v) is 17.4. The van der Waals surface area contributed by atoms with Gasteiger partial charge in [-0.3, -0.25) is 9.48 Å². The van der Waals surface area contributed by atoms with Gasteiger partial charge >= 0.3 is 0 Å². The molecule has 0 radical (unpaired) electrons. The number of aryl methyl sites for hydroxylation is 1. The van der Waals surface area contributed by atoms with Crippen molar-refractivity contribution in [2.45, 2.75) is 31.4 Å². The van der Waals surface area contributed by atoms with Crippen LogP contribution < -0.4 is 0 Å².